The van der Waals surface area contributed by atoms with Crippen LogP contribution in [0.5, 0.6) is 0 Å². The molecule has 176 valence electrons. The number of aliphatic hydroxyl groups excluding tert-OH is 1. The highest BCUT2D eigenvalue weighted by molar-refractivity contribution is 8.02. The lowest BCUT2D eigenvalue weighted by molar-refractivity contribution is -0.154. The van der Waals surface area contributed by atoms with E-state index in [1.165, 1.54) is 0 Å². The first kappa shape index (κ1) is 23.4. The number of aliphatic hydroxyl groups is 1. The van der Waals surface area contributed by atoms with Gasteiger partial charge in [0.1, 0.15) is 6.04 Å². The summed E-state index contributed by atoms with van der Waals surface area (Å²) >= 11 is 1.57. The fourth-order valence-corrected chi connectivity index (χ4v) is 7.91. The largest absolute Gasteiger partial charge is 0.465 e. The first-order valence-corrected chi connectivity index (χ1v) is 12.5. The Bertz CT molecular complexity index is 842. The van der Waals surface area contributed by atoms with E-state index in [0.717, 1.165) is 19.3 Å². The lowest BCUT2D eigenvalue weighted by atomic mass is 9.74. The van der Waals surface area contributed by atoms with Crippen LogP contribution in [0.2, 0.25) is 0 Å². The molecule has 4 aliphatic rings. The smallest absolute Gasteiger partial charge is 0.311 e. The molecular formula is C24H34N2O5S. The van der Waals surface area contributed by atoms with Crippen LogP contribution in [0.25, 0.3) is 0 Å². The molecule has 1 N–H and O–H groups in total. The Morgan fingerprint density at radius 3 is 2.66 bits per heavy atom. The molecule has 0 aromatic carbocycles. The number of hydrogen-bond donors (Lipinski definition) is 1. The van der Waals surface area contributed by atoms with Crippen LogP contribution < -0.4 is 0 Å². The summed E-state index contributed by atoms with van der Waals surface area (Å²) in [7, 11) is 0. The van der Waals surface area contributed by atoms with Crippen LogP contribution in [0, 0.1) is 11.8 Å². The number of carbonyl (C=O) groups is 3. The molecule has 1 unspecified atom stereocenters. The second kappa shape index (κ2) is 8.86. The molecule has 0 aromatic heterocycles. The topological polar surface area (TPSA) is 87.2 Å². The molecule has 0 saturated carbocycles. The van der Waals surface area contributed by atoms with Crippen LogP contribution in [-0.2, 0) is 19.1 Å². The van der Waals surface area contributed by atoms with E-state index < -0.39 is 27.4 Å². The van der Waals surface area contributed by atoms with E-state index in [1.54, 1.807) is 21.6 Å². The molecule has 0 bridgehead atoms. The van der Waals surface area contributed by atoms with Crippen molar-refractivity contribution in [3.8, 4) is 0 Å². The molecule has 4 aliphatic heterocycles. The van der Waals surface area contributed by atoms with Crippen LogP contribution in [0.1, 0.15) is 46.5 Å². The van der Waals surface area contributed by atoms with Gasteiger partial charge in [0.05, 0.1) is 23.2 Å². The molecular weight excluding hydrogens is 428 g/mol. The lowest BCUT2D eigenvalue weighted by Gasteiger charge is -2.37. The van der Waals surface area contributed by atoms with Crippen LogP contribution >= 0.6 is 11.8 Å². The highest BCUT2D eigenvalue weighted by Crippen LogP contribution is 2.65. The number of cyclic esters (lactones) is 1. The van der Waals surface area contributed by atoms with E-state index >= 15 is 0 Å². The maximum Gasteiger partial charge on any atom is 0.311 e. The van der Waals surface area contributed by atoms with Crippen molar-refractivity contribution >= 4 is 29.5 Å². The SMILES string of the molecule is CC(C)N1CC=C[C@]23S[C@]4(C)/C=C\CCCCOC(=O)[C@@H]4[C@H]2C(=O)N(CCCO)C3C1=O. The van der Waals surface area contributed by atoms with E-state index in [2.05, 4.69) is 12.2 Å². The Kier molecular flexibility index (Phi) is 6.47. The third kappa shape index (κ3) is 3.59. The van der Waals surface area contributed by atoms with Gasteiger partial charge in [0, 0.05) is 30.5 Å². The standard InChI is InChI=1S/C24H34N2O5S/c1-16(2)25-12-8-11-24-17(20(28)26(13-9-14-27)19(24)21(25)29)18-22(30)31-15-7-5-4-6-10-23(18,3)32-24/h6,8,10-11,16-19,27H,4-5,7,9,12-15H2,1-3H3/b10-6-/t17-,18-,19?,23+,24-/m0/s1. The Hall–Kier alpha value is -1.80. The summed E-state index contributed by atoms with van der Waals surface area (Å²) in [6, 6.07) is -0.711. The normalized spacial score (nSPS) is 38.3. The number of fused-ring (bicyclic) bond motifs is 2. The molecule has 4 rings (SSSR count). The Morgan fingerprint density at radius 1 is 1.16 bits per heavy atom. The molecule has 1 spiro atoms. The van der Waals surface area contributed by atoms with Crippen molar-refractivity contribution in [1.82, 2.24) is 9.80 Å². The molecule has 0 aliphatic carbocycles. The molecule has 8 heteroatoms. The number of allylic oxidation sites excluding steroid dienone is 1. The van der Waals surface area contributed by atoms with Crippen molar-refractivity contribution < 1.29 is 24.2 Å². The predicted molar refractivity (Wildman–Crippen MR) is 123 cm³/mol. The number of carbonyl (C=O) groups excluding carboxylic acids is 3. The van der Waals surface area contributed by atoms with Crippen molar-refractivity contribution in [2.45, 2.75) is 68.0 Å². The summed E-state index contributed by atoms with van der Waals surface area (Å²) in [6.07, 6.45) is 11.2. The summed E-state index contributed by atoms with van der Waals surface area (Å²) in [5.41, 5.74) is 0. The Balaban J connectivity index is 1.85. The predicted octanol–water partition coefficient (Wildman–Crippen LogP) is 2.15. The number of ether oxygens (including phenoxy) is 1. The summed E-state index contributed by atoms with van der Waals surface area (Å²) in [5, 5.41) is 9.43. The van der Waals surface area contributed by atoms with Crippen molar-refractivity contribution in [3.05, 3.63) is 24.3 Å². The minimum Gasteiger partial charge on any atom is -0.465 e. The van der Waals surface area contributed by atoms with Gasteiger partial charge in [-0.05, 0) is 46.5 Å². The molecule has 5 atom stereocenters. The molecule has 0 radical (unpaired) electrons. The number of esters is 1. The first-order valence-electron chi connectivity index (χ1n) is 11.7. The van der Waals surface area contributed by atoms with Crippen LogP contribution in [0.3, 0.4) is 0 Å². The van der Waals surface area contributed by atoms with Gasteiger partial charge in [0.2, 0.25) is 11.8 Å². The fraction of sp³-hybridized carbons (Fsp3) is 0.708. The lowest BCUT2D eigenvalue weighted by Crippen LogP contribution is -2.54. The average Bonchev–Trinajstić information content (AvgIpc) is 3.06. The third-order valence-corrected chi connectivity index (χ3v) is 9.01. The van der Waals surface area contributed by atoms with Gasteiger partial charge in [-0.15, -0.1) is 11.8 Å². The van der Waals surface area contributed by atoms with Gasteiger partial charge in [-0.2, -0.15) is 0 Å². The molecule has 4 heterocycles. The minimum absolute atomic E-state index is 0.0105. The Morgan fingerprint density at radius 2 is 1.94 bits per heavy atom. The Labute approximate surface area is 194 Å². The van der Waals surface area contributed by atoms with E-state index in [-0.39, 0.29) is 30.4 Å². The monoisotopic (exact) mass is 462 g/mol. The molecule has 32 heavy (non-hydrogen) atoms. The van der Waals surface area contributed by atoms with Gasteiger partial charge in [-0.25, -0.2) is 0 Å². The number of thioether (sulfide) groups is 1. The van der Waals surface area contributed by atoms with Crippen LogP contribution in [-0.4, -0.2) is 80.6 Å². The van der Waals surface area contributed by atoms with Gasteiger partial charge in [0.25, 0.3) is 0 Å². The molecule has 2 amide bonds. The zero-order valence-corrected chi connectivity index (χ0v) is 20.0. The maximum atomic E-state index is 13.9. The highest BCUT2D eigenvalue weighted by Gasteiger charge is 2.73. The molecule has 2 saturated heterocycles. The van der Waals surface area contributed by atoms with E-state index in [4.69, 9.17) is 4.74 Å². The molecule has 2 fully saturated rings. The minimum atomic E-state index is -0.843. The zero-order chi connectivity index (χ0) is 23.1. The van der Waals surface area contributed by atoms with Gasteiger partial charge < -0.3 is 19.6 Å². The van der Waals surface area contributed by atoms with Gasteiger partial charge >= 0.3 is 5.97 Å². The number of amides is 2. The second-order valence-electron chi connectivity index (χ2n) is 9.66. The summed E-state index contributed by atoms with van der Waals surface area (Å²) < 4.78 is 4.16. The summed E-state index contributed by atoms with van der Waals surface area (Å²) in [4.78, 5) is 44.5. The number of nitrogens with zero attached hydrogens (tertiary/aromatic N) is 2. The second-order valence-corrected chi connectivity index (χ2v) is 11.4. The van der Waals surface area contributed by atoms with Gasteiger partial charge in [0.15, 0.2) is 0 Å². The van der Waals surface area contributed by atoms with Gasteiger partial charge in [-0.1, -0.05) is 24.3 Å². The number of rotatable bonds is 4. The van der Waals surface area contributed by atoms with Crippen molar-refractivity contribution in [2.75, 3.05) is 26.3 Å². The number of hydrogen-bond acceptors (Lipinski definition) is 6. The van der Waals surface area contributed by atoms with Crippen LogP contribution in [0.4, 0.5) is 0 Å². The van der Waals surface area contributed by atoms with Crippen molar-refractivity contribution in [3.63, 3.8) is 0 Å². The van der Waals surface area contributed by atoms with Crippen molar-refractivity contribution in [2.24, 2.45) is 11.8 Å². The zero-order valence-electron chi connectivity index (χ0n) is 19.2. The molecule has 7 nitrogen and oxygen atoms in total. The maximum absolute atomic E-state index is 13.9. The highest BCUT2D eigenvalue weighted by atomic mass is 32.2. The summed E-state index contributed by atoms with van der Waals surface area (Å²) in [5.74, 6) is -1.97. The third-order valence-electron chi connectivity index (χ3n) is 7.21. The number of likely N-dealkylation sites (tertiary alicyclic amines) is 1. The summed E-state index contributed by atoms with van der Waals surface area (Å²) in [6.45, 7) is 7.00. The average molecular weight is 463 g/mol. The first-order chi connectivity index (χ1) is 15.3. The fourth-order valence-electron chi connectivity index (χ4n) is 5.76. The van der Waals surface area contributed by atoms with Crippen molar-refractivity contribution in [1.29, 1.82) is 0 Å². The van der Waals surface area contributed by atoms with E-state index in [9.17, 15) is 19.5 Å². The van der Waals surface area contributed by atoms with Crippen LogP contribution in [0.15, 0.2) is 24.3 Å². The van der Waals surface area contributed by atoms with Gasteiger partial charge in [-0.3, -0.25) is 14.4 Å². The molecule has 0 aromatic rings. The van der Waals surface area contributed by atoms with E-state index in [0.29, 0.717) is 26.1 Å². The van der Waals surface area contributed by atoms with E-state index in [1.807, 2.05) is 32.9 Å². The quantitative estimate of drug-likeness (QED) is 0.509.